The maximum absolute atomic E-state index is 13.6. The molecule has 1 aliphatic rings. The molecule has 1 fully saturated rings. The Morgan fingerprint density at radius 3 is 2.09 bits per heavy atom. The fourth-order valence-electron chi connectivity index (χ4n) is 4.38. The van der Waals surface area contributed by atoms with Gasteiger partial charge in [-0.3, -0.25) is 0 Å². The Hall–Kier alpha value is -3.54. The summed E-state index contributed by atoms with van der Waals surface area (Å²) >= 11 is 0. The SMILES string of the molecule is C=C(OC1OC([C@H](COC(=O)c2ccccc2)OCCCC)[C@@H](OB=BP)C(OC(=O)c2ccccc2)[C@H]1OC(C)=O)C(F)(F)F. The molecule has 10 nitrogen and oxygen atoms in total. The number of alkyl halides is 3. The number of ether oxygens (including phenoxy) is 6. The Labute approximate surface area is 268 Å². The van der Waals surface area contributed by atoms with Gasteiger partial charge in [0, 0.05) is 0 Å². The number of hydrogen-bond acceptors (Lipinski definition) is 10. The number of unbranched alkanes of at least 4 members (excludes halogenated alkanes) is 1. The van der Waals surface area contributed by atoms with Crippen LogP contribution in [0.4, 0.5) is 13.2 Å². The second-order valence-corrected chi connectivity index (χ2v) is 10.4. The first-order valence-electron chi connectivity index (χ1n) is 14.3. The van der Waals surface area contributed by atoms with E-state index in [0.29, 0.717) is 6.42 Å². The van der Waals surface area contributed by atoms with Crippen molar-refractivity contribution in [2.45, 2.75) is 69.7 Å². The molecule has 0 N–H and O–H groups in total. The molecule has 0 aromatic heterocycles. The third-order valence-electron chi connectivity index (χ3n) is 6.56. The van der Waals surface area contributed by atoms with Crippen LogP contribution < -0.4 is 0 Å². The fraction of sp³-hybridized carbons (Fsp3) is 0.433. The van der Waals surface area contributed by atoms with Crippen molar-refractivity contribution in [1.82, 2.24) is 0 Å². The molecule has 3 rings (SSSR count). The molecule has 4 unspecified atom stereocenters. The summed E-state index contributed by atoms with van der Waals surface area (Å²) in [6.07, 6.45) is -13.1. The van der Waals surface area contributed by atoms with Crippen molar-refractivity contribution >= 4 is 40.6 Å². The number of hydrogen-bond donors (Lipinski definition) is 0. The number of rotatable bonds is 15. The standard InChI is InChI=1S/C30H34B2F3O10P/c1-4-5-16-39-22(17-40-27(37)20-12-8-6-9-13-20)23-25(45-31-32-46)24(43-28(38)21-14-10-7-11-15-21)26(42-19(3)36)29(44-23)41-18(2)30(33,34)35/h6-15,22-26,29H,2,4-5,16-17,46H2,1,3H3/t22-,23?,24?,25+,26+,29?/m0/s1. The predicted molar refractivity (Wildman–Crippen MR) is 164 cm³/mol. The van der Waals surface area contributed by atoms with E-state index in [-0.39, 0.29) is 17.7 Å². The first-order valence-corrected chi connectivity index (χ1v) is 15.0. The number of carbonyl (C=O) groups is 3. The molecule has 1 heterocycles. The van der Waals surface area contributed by atoms with Crippen LogP contribution in [-0.2, 0) is 37.9 Å². The molecule has 1 aliphatic heterocycles. The van der Waals surface area contributed by atoms with E-state index in [1.54, 1.807) is 36.4 Å². The molecule has 7 atom stereocenters. The first-order chi connectivity index (χ1) is 22.0. The average Bonchev–Trinajstić information content (AvgIpc) is 3.03. The van der Waals surface area contributed by atoms with Gasteiger partial charge in [0.15, 0.2) is 0 Å². The van der Waals surface area contributed by atoms with Crippen LogP contribution in [0.2, 0.25) is 0 Å². The van der Waals surface area contributed by atoms with Gasteiger partial charge in [-0.05, 0) is 0 Å². The second-order valence-electron chi connectivity index (χ2n) is 9.97. The van der Waals surface area contributed by atoms with Crippen LogP contribution in [0.15, 0.2) is 73.0 Å². The zero-order valence-corrected chi connectivity index (χ0v) is 26.4. The van der Waals surface area contributed by atoms with E-state index >= 15 is 0 Å². The minimum atomic E-state index is -5.02. The summed E-state index contributed by atoms with van der Waals surface area (Å²) in [5.74, 6) is -4.21. The van der Waals surface area contributed by atoms with Gasteiger partial charge in [0.1, 0.15) is 0 Å². The molecule has 0 radical (unpaired) electrons. The fourth-order valence-corrected chi connectivity index (χ4v) is 4.47. The summed E-state index contributed by atoms with van der Waals surface area (Å²) in [5, 5.41) is 0. The van der Waals surface area contributed by atoms with Crippen molar-refractivity contribution in [3.63, 3.8) is 0 Å². The summed E-state index contributed by atoms with van der Waals surface area (Å²) in [6.45, 7) is 6.97. The zero-order valence-electron chi connectivity index (χ0n) is 25.2. The van der Waals surface area contributed by atoms with Gasteiger partial charge in [0.05, 0.1) is 0 Å². The molecule has 46 heavy (non-hydrogen) atoms. The van der Waals surface area contributed by atoms with E-state index in [1.807, 2.05) is 6.92 Å². The Bertz CT molecular complexity index is 1330. The van der Waals surface area contributed by atoms with E-state index < -0.39 is 73.3 Å². The number of carbonyl (C=O) groups excluding carboxylic acids is 3. The van der Waals surface area contributed by atoms with Gasteiger partial charge in [0.25, 0.3) is 0 Å². The molecule has 246 valence electrons. The summed E-state index contributed by atoms with van der Waals surface area (Å²) in [6, 6.07) is 15.8. The Kier molecular flexibility index (Phi) is 14.4. The van der Waals surface area contributed by atoms with Crippen LogP contribution in [0.1, 0.15) is 47.4 Å². The van der Waals surface area contributed by atoms with Crippen LogP contribution in [0.3, 0.4) is 0 Å². The third-order valence-corrected chi connectivity index (χ3v) is 6.72. The molecule has 2 aromatic carbocycles. The normalized spacial score (nSPS) is 21.7. The molecule has 2 aromatic rings. The number of esters is 3. The molecule has 1 saturated heterocycles. The first kappa shape index (κ1) is 36.9. The summed E-state index contributed by atoms with van der Waals surface area (Å²) in [7, 11) is 3.48. The van der Waals surface area contributed by atoms with E-state index in [4.69, 9.17) is 33.1 Å². The van der Waals surface area contributed by atoms with Crippen molar-refractivity contribution in [1.29, 1.82) is 0 Å². The molecule has 0 spiro atoms. The van der Waals surface area contributed by atoms with Gasteiger partial charge in [-0.15, -0.1) is 0 Å². The average molecular weight is 664 g/mol. The van der Waals surface area contributed by atoms with E-state index in [0.717, 1.165) is 13.3 Å². The van der Waals surface area contributed by atoms with E-state index in [2.05, 4.69) is 15.7 Å². The minimum absolute atomic E-state index is 0.0946. The Balaban J connectivity index is 2.08. The molecule has 16 heteroatoms. The summed E-state index contributed by atoms with van der Waals surface area (Å²) in [4.78, 5) is 38.3. The van der Waals surface area contributed by atoms with Crippen LogP contribution in [0, 0.1) is 0 Å². The molecule has 0 bridgehead atoms. The van der Waals surface area contributed by atoms with Crippen LogP contribution in [0.25, 0.3) is 0 Å². The number of halogens is 3. The zero-order chi connectivity index (χ0) is 33.7. The van der Waals surface area contributed by atoms with Gasteiger partial charge in [-0.1, -0.05) is 0 Å². The molecule has 0 aliphatic carbocycles. The summed E-state index contributed by atoms with van der Waals surface area (Å²) in [5.41, 5.74) is 0.336. The molecule has 0 saturated carbocycles. The van der Waals surface area contributed by atoms with Gasteiger partial charge in [0.2, 0.25) is 0 Å². The quantitative estimate of drug-likeness (QED) is 0.0677. The van der Waals surface area contributed by atoms with Crippen LogP contribution >= 0.6 is 9.12 Å². The Morgan fingerprint density at radius 2 is 1.54 bits per heavy atom. The van der Waals surface area contributed by atoms with Gasteiger partial charge >= 0.3 is 268 Å². The van der Waals surface area contributed by atoms with Gasteiger partial charge in [-0.25, -0.2) is 0 Å². The second kappa shape index (κ2) is 18.0. The summed E-state index contributed by atoms with van der Waals surface area (Å²) < 4.78 is 80.5. The van der Waals surface area contributed by atoms with Crippen molar-refractivity contribution in [2.24, 2.45) is 0 Å². The number of allylic oxidation sites excluding steroid dienone is 1. The van der Waals surface area contributed by atoms with Crippen LogP contribution in [0.5, 0.6) is 0 Å². The third kappa shape index (κ3) is 10.8. The van der Waals surface area contributed by atoms with Gasteiger partial charge in [-0.2, -0.15) is 0 Å². The predicted octanol–water partition coefficient (Wildman–Crippen LogP) is 4.42. The van der Waals surface area contributed by atoms with Crippen molar-refractivity contribution in [3.8, 4) is 0 Å². The van der Waals surface area contributed by atoms with Crippen molar-refractivity contribution in [2.75, 3.05) is 13.2 Å². The monoisotopic (exact) mass is 664 g/mol. The van der Waals surface area contributed by atoms with Crippen molar-refractivity contribution in [3.05, 3.63) is 84.1 Å². The van der Waals surface area contributed by atoms with E-state index in [9.17, 15) is 27.6 Å². The van der Waals surface area contributed by atoms with Crippen LogP contribution in [-0.4, -0.2) is 87.6 Å². The maximum atomic E-state index is 13.6. The molecule has 0 amide bonds. The topological polar surface area (TPSA) is 116 Å². The van der Waals surface area contributed by atoms with E-state index in [1.165, 1.54) is 37.8 Å². The molecular formula is C30H34B2F3O10P. The van der Waals surface area contributed by atoms with Gasteiger partial charge < -0.3 is 0 Å². The number of benzene rings is 2. The molecular weight excluding hydrogens is 630 g/mol. The van der Waals surface area contributed by atoms with Crippen molar-refractivity contribution < 1.29 is 60.6 Å². The Morgan fingerprint density at radius 1 is 0.935 bits per heavy atom.